The van der Waals surface area contributed by atoms with E-state index in [1.54, 1.807) is 18.9 Å². The fourth-order valence-electron chi connectivity index (χ4n) is 1.80. The van der Waals surface area contributed by atoms with Gasteiger partial charge >= 0.3 is 0 Å². The van der Waals surface area contributed by atoms with Gasteiger partial charge in [0.2, 0.25) is 0 Å². The fourth-order valence-corrected chi connectivity index (χ4v) is 3.35. The summed E-state index contributed by atoms with van der Waals surface area (Å²) in [6.45, 7) is 2.15. The minimum Gasteiger partial charge on any atom is -0.473 e. The molecule has 0 aliphatic heterocycles. The summed E-state index contributed by atoms with van der Waals surface area (Å²) >= 11 is 3.08. The van der Waals surface area contributed by atoms with E-state index < -0.39 is 0 Å². The van der Waals surface area contributed by atoms with Crippen LogP contribution in [0.4, 0.5) is 0 Å². The first-order valence-corrected chi connectivity index (χ1v) is 7.85. The Labute approximate surface area is 125 Å². The number of methoxy groups -OCH3 is 1. The molecule has 1 aromatic carbocycles. The molecular weight excluding hydrogens is 290 g/mol. The van der Waals surface area contributed by atoms with Crippen molar-refractivity contribution in [2.24, 2.45) is 0 Å². The quantitative estimate of drug-likeness (QED) is 0.539. The lowest BCUT2D eigenvalue weighted by atomic mass is 10.2. The van der Waals surface area contributed by atoms with Crippen LogP contribution in [-0.2, 0) is 0 Å². The van der Waals surface area contributed by atoms with Crippen molar-refractivity contribution in [3.8, 4) is 5.19 Å². The molecule has 0 saturated heterocycles. The van der Waals surface area contributed by atoms with E-state index in [9.17, 15) is 0 Å². The lowest BCUT2D eigenvalue weighted by molar-refractivity contribution is 0.412. The highest BCUT2D eigenvalue weighted by molar-refractivity contribution is 7.99. The van der Waals surface area contributed by atoms with E-state index in [2.05, 4.69) is 34.0 Å². The number of aromatic nitrogens is 3. The van der Waals surface area contributed by atoms with Crippen LogP contribution in [0.25, 0.3) is 10.3 Å². The van der Waals surface area contributed by atoms with Crippen LogP contribution in [0.15, 0.2) is 41.7 Å². The molecule has 0 bridgehead atoms. The molecule has 0 N–H and O–H groups in total. The first-order valence-electron chi connectivity index (χ1n) is 6.15. The van der Waals surface area contributed by atoms with Gasteiger partial charge in [0.05, 0.1) is 18.0 Å². The minimum atomic E-state index is 0.300. The van der Waals surface area contributed by atoms with Crippen molar-refractivity contribution < 1.29 is 4.74 Å². The van der Waals surface area contributed by atoms with Crippen molar-refractivity contribution in [2.75, 3.05) is 7.11 Å². The largest absolute Gasteiger partial charge is 0.473 e. The Bertz CT molecular complexity index is 715. The molecule has 0 unspecified atom stereocenters. The van der Waals surface area contributed by atoms with Crippen molar-refractivity contribution in [3.63, 3.8) is 0 Å². The van der Waals surface area contributed by atoms with Gasteiger partial charge in [-0.3, -0.25) is 0 Å². The van der Waals surface area contributed by atoms with Gasteiger partial charge in [0.15, 0.2) is 10.8 Å². The lowest BCUT2D eigenvalue weighted by Crippen LogP contribution is -1.92. The maximum Gasteiger partial charge on any atom is 0.275 e. The molecule has 2 heterocycles. The molecule has 102 valence electrons. The zero-order chi connectivity index (χ0) is 13.9. The number of rotatable bonds is 4. The van der Waals surface area contributed by atoms with Gasteiger partial charge in [0.1, 0.15) is 0 Å². The first kappa shape index (κ1) is 13.3. The van der Waals surface area contributed by atoms with Gasteiger partial charge in [0, 0.05) is 5.25 Å². The van der Waals surface area contributed by atoms with Gasteiger partial charge in [0.25, 0.3) is 5.19 Å². The summed E-state index contributed by atoms with van der Waals surface area (Å²) in [5, 5.41) is 1.66. The molecule has 0 spiro atoms. The Hall–Kier alpha value is -1.66. The number of nitrogens with zero attached hydrogens (tertiary/aromatic N) is 3. The normalized spacial score (nSPS) is 12.5. The van der Waals surface area contributed by atoms with Crippen LogP contribution < -0.4 is 4.74 Å². The Morgan fingerprint density at radius 3 is 2.75 bits per heavy atom. The van der Waals surface area contributed by atoms with Crippen LogP contribution in [0.1, 0.15) is 17.7 Å². The Morgan fingerprint density at radius 2 is 2.00 bits per heavy atom. The second kappa shape index (κ2) is 5.76. The molecule has 1 atom stereocenters. The average molecular weight is 303 g/mol. The number of thiazole rings is 1. The van der Waals surface area contributed by atoms with Gasteiger partial charge < -0.3 is 4.74 Å². The third-order valence-electron chi connectivity index (χ3n) is 2.83. The van der Waals surface area contributed by atoms with E-state index >= 15 is 0 Å². The Kier molecular flexibility index (Phi) is 3.84. The van der Waals surface area contributed by atoms with E-state index in [1.165, 1.54) is 16.9 Å². The van der Waals surface area contributed by atoms with E-state index in [1.807, 2.05) is 24.4 Å². The molecule has 3 aromatic rings. The highest BCUT2D eigenvalue weighted by atomic mass is 32.2. The molecule has 0 fully saturated rings. The van der Waals surface area contributed by atoms with Crippen LogP contribution in [0.5, 0.6) is 5.19 Å². The van der Waals surface area contributed by atoms with Crippen LogP contribution in [0.3, 0.4) is 0 Å². The molecule has 0 saturated carbocycles. The average Bonchev–Trinajstić information content (AvgIpc) is 2.90. The van der Waals surface area contributed by atoms with Gasteiger partial charge in [-0.15, -0.1) is 0 Å². The highest BCUT2D eigenvalue weighted by Gasteiger charge is 2.12. The molecule has 3 rings (SSSR count). The maximum atomic E-state index is 5.12. The third kappa shape index (κ3) is 2.76. The zero-order valence-corrected chi connectivity index (χ0v) is 12.7. The van der Waals surface area contributed by atoms with Crippen LogP contribution in [0, 0.1) is 0 Å². The number of thioether (sulfide) groups is 1. The van der Waals surface area contributed by atoms with Gasteiger partial charge in [-0.25, -0.2) is 9.97 Å². The topological polar surface area (TPSA) is 47.9 Å². The molecule has 0 amide bonds. The predicted octanol–water partition coefficient (Wildman–Crippen LogP) is 3.95. The third-order valence-corrected chi connectivity index (χ3v) is 4.81. The molecule has 2 aromatic heterocycles. The number of fused-ring (bicyclic) bond motifs is 1. The number of hydrogen-bond donors (Lipinski definition) is 0. The molecule has 0 radical (unpaired) electrons. The van der Waals surface area contributed by atoms with Crippen LogP contribution in [-0.4, -0.2) is 22.1 Å². The summed E-state index contributed by atoms with van der Waals surface area (Å²) in [6, 6.07) is 10.3. The Morgan fingerprint density at radius 1 is 1.20 bits per heavy atom. The summed E-state index contributed by atoms with van der Waals surface area (Å²) in [6.07, 6.45) is 1.81. The Balaban J connectivity index is 1.83. The molecule has 0 aliphatic carbocycles. The van der Waals surface area contributed by atoms with E-state index in [0.717, 1.165) is 9.86 Å². The summed E-state index contributed by atoms with van der Waals surface area (Å²) in [7, 11) is 1.61. The van der Waals surface area contributed by atoms with Crippen molar-refractivity contribution >= 4 is 33.4 Å². The monoisotopic (exact) mass is 303 g/mol. The number of hydrogen-bond acceptors (Lipinski definition) is 6. The van der Waals surface area contributed by atoms with Crippen molar-refractivity contribution in [2.45, 2.75) is 17.3 Å². The second-order valence-corrected chi connectivity index (χ2v) is 6.50. The highest BCUT2D eigenvalue weighted by Crippen LogP contribution is 2.34. The van der Waals surface area contributed by atoms with E-state index in [4.69, 9.17) is 4.74 Å². The van der Waals surface area contributed by atoms with Gasteiger partial charge in [-0.05, 0) is 12.5 Å². The standard InChI is InChI=1S/C14H13N3OS2/c1-9(10-6-4-3-5-7-10)19-13-15-8-11-12(16-13)17-14(18-2)20-11/h3-9H,1-2H3/t9-/m0/s1. The molecule has 20 heavy (non-hydrogen) atoms. The molecule has 4 nitrogen and oxygen atoms in total. The van der Waals surface area contributed by atoms with Crippen molar-refractivity contribution in [1.82, 2.24) is 15.0 Å². The number of benzene rings is 1. The summed E-state index contributed by atoms with van der Waals surface area (Å²) in [5.74, 6) is 0. The minimum absolute atomic E-state index is 0.300. The van der Waals surface area contributed by atoms with Crippen molar-refractivity contribution in [1.29, 1.82) is 0 Å². The fraction of sp³-hybridized carbons (Fsp3) is 0.214. The van der Waals surface area contributed by atoms with Gasteiger partial charge in [-0.2, -0.15) is 4.98 Å². The SMILES string of the molecule is COc1nc2nc(S[C@@H](C)c3ccccc3)ncc2s1. The smallest absolute Gasteiger partial charge is 0.275 e. The summed E-state index contributed by atoms with van der Waals surface area (Å²) in [5.41, 5.74) is 1.96. The summed E-state index contributed by atoms with van der Waals surface area (Å²) < 4.78 is 6.07. The predicted molar refractivity (Wildman–Crippen MR) is 82.5 cm³/mol. The van der Waals surface area contributed by atoms with E-state index in [-0.39, 0.29) is 0 Å². The van der Waals surface area contributed by atoms with Gasteiger partial charge in [-0.1, -0.05) is 53.4 Å². The molecule has 6 heteroatoms. The summed E-state index contributed by atoms with van der Waals surface area (Å²) in [4.78, 5) is 13.2. The lowest BCUT2D eigenvalue weighted by Gasteiger charge is -2.09. The van der Waals surface area contributed by atoms with E-state index in [0.29, 0.717) is 16.1 Å². The number of ether oxygens (including phenoxy) is 1. The first-order chi connectivity index (χ1) is 9.76. The maximum absolute atomic E-state index is 5.12. The van der Waals surface area contributed by atoms with Crippen LogP contribution >= 0.6 is 23.1 Å². The zero-order valence-electron chi connectivity index (χ0n) is 11.1. The molecular formula is C14H13N3OS2. The van der Waals surface area contributed by atoms with Crippen molar-refractivity contribution in [3.05, 3.63) is 42.1 Å². The second-order valence-electron chi connectivity index (χ2n) is 4.20. The van der Waals surface area contributed by atoms with Crippen LogP contribution in [0.2, 0.25) is 0 Å². The molecule has 0 aliphatic rings.